The van der Waals surface area contributed by atoms with E-state index in [4.69, 9.17) is 18.9 Å². The van der Waals surface area contributed by atoms with E-state index in [9.17, 15) is 28.8 Å². The highest BCUT2D eigenvalue weighted by atomic mass is 32.1. The second-order valence-corrected chi connectivity index (χ2v) is 17.8. The van der Waals surface area contributed by atoms with Crippen LogP contribution < -0.4 is 0 Å². The summed E-state index contributed by atoms with van der Waals surface area (Å²) in [6, 6.07) is 8.98. The quantitative estimate of drug-likeness (QED) is 0.133. The van der Waals surface area contributed by atoms with Crippen molar-refractivity contribution < 1.29 is 47.7 Å². The largest absolute Gasteiger partial charge is 0.456 e. The van der Waals surface area contributed by atoms with Gasteiger partial charge in [-0.2, -0.15) is 0 Å². The van der Waals surface area contributed by atoms with Gasteiger partial charge in [0.2, 0.25) is 5.78 Å². The molecular weight excluding hydrogens is 701 g/mol. The monoisotopic (exact) mass is 746 g/mol. The smallest absolute Gasteiger partial charge is 0.411 e. The Bertz CT molecular complexity index is 2010. The van der Waals surface area contributed by atoms with Crippen LogP contribution in [-0.4, -0.2) is 94.1 Å². The molecule has 282 valence electrons. The van der Waals surface area contributed by atoms with Gasteiger partial charge < -0.3 is 18.9 Å². The third-order valence-electron chi connectivity index (χ3n) is 10.6. The summed E-state index contributed by atoms with van der Waals surface area (Å²) in [6.07, 6.45) is 3.59. The van der Waals surface area contributed by atoms with Crippen LogP contribution in [0.1, 0.15) is 100 Å². The molecule has 3 heterocycles. The Balaban J connectivity index is 0.984. The highest BCUT2D eigenvalue weighted by Crippen LogP contribution is 2.45. The van der Waals surface area contributed by atoms with Gasteiger partial charge in [-0.15, -0.1) is 11.3 Å². The lowest BCUT2D eigenvalue weighted by Crippen LogP contribution is -2.51. The molecule has 2 saturated carbocycles. The number of Topliss-reactive ketones (excluding diaryl/α,β-unsaturated/α-hetero) is 2. The van der Waals surface area contributed by atoms with E-state index >= 15 is 0 Å². The first-order valence-corrected chi connectivity index (χ1v) is 19.2. The van der Waals surface area contributed by atoms with E-state index < -0.39 is 60.6 Å². The summed E-state index contributed by atoms with van der Waals surface area (Å²) in [5.41, 5.74) is -1.05. The SMILES string of the molecule is CC(C)(C)OC(=O)N1C2CCC(C2)C1C(=O)OCC(=O)c1ccc2c(ccc3cc(C(=O)COC(=O)[C@@H]4[C@H]5CC[C@H](C5)N4C(=O)OC(C)(C)C)sc32)c1. The molecule has 3 aromatic rings. The Morgan fingerprint density at radius 1 is 0.660 bits per heavy atom. The van der Waals surface area contributed by atoms with E-state index in [2.05, 4.69) is 0 Å². The maximum Gasteiger partial charge on any atom is 0.411 e. The molecule has 12 nitrogen and oxygen atoms in total. The van der Waals surface area contributed by atoms with Crippen LogP contribution in [0, 0.1) is 11.8 Å². The van der Waals surface area contributed by atoms with Crippen molar-refractivity contribution in [3.63, 3.8) is 0 Å². The van der Waals surface area contributed by atoms with Crippen molar-refractivity contribution in [2.45, 2.75) is 115 Å². The summed E-state index contributed by atoms with van der Waals surface area (Å²) >= 11 is 1.27. The number of carbonyl (C=O) groups excluding carboxylic acids is 6. The molecule has 1 aromatic heterocycles. The number of hydrogen-bond donors (Lipinski definition) is 0. The minimum absolute atomic E-state index is 0.0217. The van der Waals surface area contributed by atoms with E-state index in [-0.39, 0.29) is 35.5 Å². The average Bonchev–Trinajstić information content (AvgIpc) is 3.93. The minimum atomic E-state index is -0.773. The van der Waals surface area contributed by atoms with Crippen molar-refractivity contribution in [1.29, 1.82) is 0 Å². The second kappa shape index (κ2) is 13.7. The van der Waals surface area contributed by atoms with Crippen LogP contribution in [0.3, 0.4) is 0 Å². The van der Waals surface area contributed by atoms with Gasteiger partial charge in [0.05, 0.1) is 4.88 Å². The summed E-state index contributed by atoms with van der Waals surface area (Å²) < 4.78 is 23.0. The maximum absolute atomic E-state index is 13.3. The molecule has 2 amide bonds. The lowest BCUT2D eigenvalue weighted by molar-refractivity contribution is -0.151. The number of carbonyl (C=O) groups is 6. The van der Waals surface area contributed by atoms with Gasteiger partial charge in [-0.05, 0) is 120 Å². The Morgan fingerprint density at radius 2 is 1.17 bits per heavy atom. The van der Waals surface area contributed by atoms with E-state index in [0.29, 0.717) is 23.3 Å². The van der Waals surface area contributed by atoms with Crippen molar-refractivity contribution in [1.82, 2.24) is 9.80 Å². The molecule has 2 aromatic carbocycles. The summed E-state index contributed by atoms with van der Waals surface area (Å²) in [7, 11) is 0. The van der Waals surface area contributed by atoms with Crippen LogP contribution in [-0.2, 0) is 28.5 Å². The fraction of sp³-hybridized carbons (Fsp3) is 0.550. The van der Waals surface area contributed by atoms with Gasteiger partial charge in [0.15, 0.2) is 19.0 Å². The number of benzene rings is 2. The zero-order valence-electron chi connectivity index (χ0n) is 31.0. The zero-order chi connectivity index (χ0) is 38.0. The van der Waals surface area contributed by atoms with Gasteiger partial charge in [0, 0.05) is 22.3 Å². The van der Waals surface area contributed by atoms with E-state index in [1.807, 2.05) is 12.1 Å². The number of esters is 2. The maximum atomic E-state index is 13.3. The predicted octanol–water partition coefficient (Wildman–Crippen LogP) is 7.08. The van der Waals surface area contributed by atoms with E-state index in [0.717, 1.165) is 46.5 Å². The van der Waals surface area contributed by atoms with Crippen LogP contribution >= 0.6 is 11.3 Å². The number of piperidine rings is 2. The number of hydrogen-bond acceptors (Lipinski definition) is 11. The molecule has 7 rings (SSSR count). The number of rotatable bonds is 8. The molecule has 2 aliphatic carbocycles. The van der Waals surface area contributed by atoms with Crippen LogP contribution in [0.5, 0.6) is 0 Å². The third kappa shape index (κ3) is 7.36. The highest BCUT2D eigenvalue weighted by molar-refractivity contribution is 7.21. The average molecular weight is 747 g/mol. The highest BCUT2D eigenvalue weighted by Gasteiger charge is 2.54. The van der Waals surface area contributed by atoms with Crippen molar-refractivity contribution in [2.75, 3.05) is 13.2 Å². The van der Waals surface area contributed by atoms with Crippen LogP contribution in [0.2, 0.25) is 0 Å². The lowest BCUT2D eigenvalue weighted by Gasteiger charge is -2.35. The Morgan fingerprint density at radius 3 is 1.70 bits per heavy atom. The van der Waals surface area contributed by atoms with Gasteiger partial charge in [-0.3, -0.25) is 19.4 Å². The van der Waals surface area contributed by atoms with Gasteiger partial charge in [-0.25, -0.2) is 19.2 Å². The molecule has 4 aliphatic rings. The number of likely N-dealkylation sites (tertiary alicyclic amines) is 2. The van der Waals surface area contributed by atoms with Crippen LogP contribution in [0.15, 0.2) is 36.4 Å². The molecule has 13 heteroatoms. The normalized spacial score (nSPS) is 24.9. The third-order valence-corrected chi connectivity index (χ3v) is 11.9. The van der Waals surface area contributed by atoms with Crippen LogP contribution in [0.4, 0.5) is 9.59 Å². The van der Waals surface area contributed by atoms with Gasteiger partial charge in [-0.1, -0.05) is 24.3 Å². The molecule has 6 atom stereocenters. The summed E-state index contributed by atoms with van der Waals surface area (Å²) in [5, 5.41) is 2.43. The Hall–Kier alpha value is -4.52. The van der Waals surface area contributed by atoms with Gasteiger partial charge >= 0.3 is 24.1 Å². The summed E-state index contributed by atoms with van der Waals surface area (Å²) in [4.78, 5) is 82.3. The number of ketones is 2. The standard InChI is InChI=1S/C40H46N2O10S/c1-39(2,3)51-37(47)41-26-12-9-23(16-26)32(41)35(45)49-19-29(43)22-11-14-28-21(15-22)7-8-25-18-31(53-34(25)28)30(44)20-50-36(46)33-24-10-13-27(17-24)42(33)38(48)52-40(4,5)6/h7-8,11,14-15,18,23-24,26-27,32-33H,9-10,12-13,16-17,19-20H2,1-6H3/t23?,24-,26?,27+,32?,33-/m0/s1. The first-order chi connectivity index (χ1) is 25.0. The molecule has 3 unspecified atom stereocenters. The summed E-state index contributed by atoms with van der Waals surface area (Å²) in [6.45, 7) is 9.76. The predicted molar refractivity (Wildman–Crippen MR) is 196 cm³/mol. The molecular formula is C40H46N2O10S. The topological polar surface area (TPSA) is 146 Å². The first kappa shape index (κ1) is 36.8. The Labute approximate surface area is 312 Å². The number of amides is 2. The van der Waals surface area contributed by atoms with E-state index in [1.165, 1.54) is 21.1 Å². The molecule has 53 heavy (non-hydrogen) atoms. The van der Waals surface area contributed by atoms with Crippen LogP contribution in [0.25, 0.3) is 20.9 Å². The molecule has 0 spiro atoms. The molecule has 4 bridgehead atoms. The minimum Gasteiger partial charge on any atom is -0.456 e. The number of ether oxygens (including phenoxy) is 4. The molecule has 4 fully saturated rings. The number of fused-ring (bicyclic) bond motifs is 7. The fourth-order valence-corrected chi connectivity index (χ4v) is 9.59. The van der Waals surface area contributed by atoms with Crippen molar-refractivity contribution in [3.8, 4) is 0 Å². The van der Waals surface area contributed by atoms with Crippen molar-refractivity contribution >= 4 is 67.9 Å². The molecule has 0 N–H and O–H groups in total. The first-order valence-electron chi connectivity index (χ1n) is 18.4. The number of nitrogens with zero attached hydrogens (tertiary/aromatic N) is 2. The fourth-order valence-electron chi connectivity index (χ4n) is 8.47. The molecule has 2 saturated heterocycles. The van der Waals surface area contributed by atoms with Gasteiger partial charge in [0.25, 0.3) is 0 Å². The molecule has 2 aliphatic heterocycles. The number of thiophene rings is 1. The van der Waals surface area contributed by atoms with E-state index in [1.54, 1.807) is 65.8 Å². The lowest BCUT2D eigenvalue weighted by atomic mass is 9.99. The van der Waals surface area contributed by atoms with Crippen molar-refractivity contribution in [2.24, 2.45) is 11.8 Å². The summed E-state index contributed by atoms with van der Waals surface area (Å²) in [5.74, 6) is -1.97. The zero-order valence-corrected chi connectivity index (χ0v) is 31.8. The van der Waals surface area contributed by atoms with Gasteiger partial charge in [0.1, 0.15) is 23.3 Å². The second-order valence-electron chi connectivity index (χ2n) is 16.7. The Kier molecular flexibility index (Phi) is 9.53. The molecule has 0 radical (unpaired) electrons. The van der Waals surface area contributed by atoms with Crippen molar-refractivity contribution in [3.05, 3.63) is 46.8 Å².